The number of morpholine rings is 1. The summed E-state index contributed by atoms with van der Waals surface area (Å²) in [6, 6.07) is 8.20. The number of nitrogens with two attached hydrogens (primary N) is 1. The summed E-state index contributed by atoms with van der Waals surface area (Å²) in [4.78, 5) is 18.4. The van der Waals surface area contributed by atoms with E-state index in [4.69, 9.17) is 10.5 Å². The molecule has 8 nitrogen and oxygen atoms in total. The van der Waals surface area contributed by atoms with E-state index in [1.807, 2.05) is 18.2 Å². The van der Waals surface area contributed by atoms with Crippen molar-refractivity contribution in [3.8, 4) is 0 Å². The summed E-state index contributed by atoms with van der Waals surface area (Å²) >= 11 is 0. The van der Waals surface area contributed by atoms with Crippen molar-refractivity contribution in [3.05, 3.63) is 35.7 Å². The SMILES string of the molecule is CCc1ccccc1Nc1nc(N)nc(CN2CCC(CN3CC(C)OC(C)C3)CC2)n1. The topological polar surface area (TPSA) is 92.4 Å². The molecule has 1 aromatic heterocycles. The molecule has 2 atom stereocenters. The number of aromatic nitrogens is 3. The van der Waals surface area contributed by atoms with Gasteiger partial charge in [0.15, 0.2) is 0 Å². The molecule has 3 heterocycles. The first-order chi connectivity index (χ1) is 15.5. The van der Waals surface area contributed by atoms with Crippen LogP contribution >= 0.6 is 0 Å². The van der Waals surface area contributed by atoms with E-state index in [9.17, 15) is 0 Å². The molecule has 8 heteroatoms. The molecule has 2 aromatic rings. The third kappa shape index (κ3) is 6.15. The van der Waals surface area contributed by atoms with Crippen LogP contribution in [0.2, 0.25) is 0 Å². The normalized spacial score (nSPS) is 23.3. The molecule has 2 unspecified atom stereocenters. The first-order valence-corrected chi connectivity index (χ1v) is 11.9. The van der Waals surface area contributed by atoms with E-state index < -0.39 is 0 Å². The van der Waals surface area contributed by atoms with Gasteiger partial charge in [-0.1, -0.05) is 25.1 Å². The average molecular weight is 440 g/mol. The second kappa shape index (κ2) is 10.6. The van der Waals surface area contributed by atoms with Crippen LogP contribution in [-0.2, 0) is 17.7 Å². The number of nitrogens with one attached hydrogen (secondary N) is 1. The van der Waals surface area contributed by atoms with Gasteiger partial charge in [-0.2, -0.15) is 15.0 Å². The van der Waals surface area contributed by atoms with Crippen LogP contribution < -0.4 is 11.1 Å². The third-order valence-electron chi connectivity index (χ3n) is 6.43. The van der Waals surface area contributed by atoms with Crippen LogP contribution in [0.1, 0.15) is 45.0 Å². The Labute approximate surface area is 191 Å². The van der Waals surface area contributed by atoms with E-state index in [0.717, 1.165) is 50.0 Å². The Balaban J connectivity index is 1.31. The number of benzene rings is 1. The van der Waals surface area contributed by atoms with Crippen LogP contribution in [0.25, 0.3) is 0 Å². The van der Waals surface area contributed by atoms with Crippen molar-refractivity contribution in [1.82, 2.24) is 24.8 Å². The van der Waals surface area contributed by atoms with E-state index in [-0.39, 0.29) is 5.95 Å². The Morgan fingerprint density at radius 1 is 1.03 bits per heavy atom. The van der Waals surface area contributed by atoms with E-state index in [2.05, 4.69) is 56.9 Å². The number of nitrogens with zero attached hydrogens (tertiary/aromatic N) is 5. The number of anilines is 3. The predicted molar refractivity (Wildman–Crippen MR) is 128 cm³/mol. The lowest BCUT2D eigenvalue weighted by Gasteiger charge is -2.39. The van der Waals surface area contributed by atoms with Crippen LogP contribution in [0.3, 0.4) is 0 Å². The summed E-state index contributed by atoms with van der Waals surface area (Å²) in [7, 11) is 0. The fraction of sp³-hybridized carbons (Fsp3) is 0.625. The molecule has 3 N–H and O–H groups in total. The highest BCUT2D eigenvalue weighted by Gasteiger charge is 2.27. The monoisotopic (exact) mass is 439 g/mol. The maximum atomic E-state index is 6.00. The van der Waals surface area contributed by atoms with Crippen LogP contribution in [0, 0.1) is 5.92 Å². The number of aryl methyl sites for hydroxylation is 1. The lowest BCUT2D eigenvalue weighted by Crippen LogP contribution is -2.48. The van der Waals surface area contributed by atoms with Crippen molar-refractivity contribution in [2.75, 3.05) is 43.8 Å². The lowest BCUT2D eigenvalue weighted by atomic mass is 9.95. The minimum atomic E-state index is 0.261. The number of para-hydroxylation sites is 1. The molecule has 32 heavy (non-hydrogen) atoms. The Bertz CT molecular complexity index is 874. The van der Waals surface area contributed by atoms with E-state index in [0.29, 0.717) is 24.7 Å². The highest BCUT2D eigenvalue weighted by Crippen LogP contribution is 2.23. The Morgan fingerprint density at radius 2 is 1.75 bits per heavy atom. The number of hydrogen-bond acceptors (Lipinski definition) is 8. The summed E-state index contributed by atoms with van der Waals surface area (Å²) < 4.78 is 5.87. The van der Waals surface area contributed by atoms with Crippen molar-refractivity contribution in [1.29, 1.82) is 0 Å². The van der Waals surface area contributed by atoms with Gasteiger partial charge in [0.1, 0.15) is 5.82 Å². The molecule has 0 spiro atoms. The summed E-state index contributed by atoms with van der Waals surface area (Å²) in [6.45, 7) is 12.6. The van der Waals surface area contributed by atoms with E-state index >= 15 is 0 Å². The molecule has 0 bridgehead atoms. The molecule has 2 aliphatic heterocycles. The second-order valence-electron chi connectivity index (χ2n) is 9.26. The molecule has 0 aliphatic carbocycles. The van der Waals surface area contributed by atoms with Gasteiger partial charge < -0.3 is 15.8 Å². The van der Waals surface area contributed by atoms with Crippen molar-refractivity contribution in [3.63, 3.8) is 0 Å². The number of piperidine rings is 1. The van der Waals surface area contributed by atoms with Crippen molar-refractivity contribution in [2.45, 2.75) is 58.8 Å². The quantitative estimate of drug-likeness (QED) is 0.680. The van der Waals surface area contributed by atoms with Gasteiger partial charge >= 0.3 is 0 Å². The van der Waals surface area contributed by atoms with Gasteiger partial charge in [0.25, 0.3) is 0 Å². The summed E-state index contributed by atoms with van der Waals surface area (Å²) in [5, 5.41) is 3.33. The predicted octanol–water partition coefficient (Wildman–Crippen LogP) is 3.08. The van der Waals surface area contributed by atoms with Gasteiger partial charge in [-0.05, 0) is 63.7 Å². The molecular weight excluding hydrogens is 402 g/mol. The van der Waals surface area contributed by atoms with Crippen molar-refractivity contribution in [2.24, 2.45) is 5.92 Å². The van der Waals surface area contributed by atoms with Gasteiger partial charge in [-0.25, -0.2) is 0 Å². The molecular formula is C24H37N7O. The number of ether oxygens (including phenoxy) is 1. The standard InChI is InChI=1S/C24H37N7O/c1-4-20-7-5-6-8-21(20)26-24-28-22(27-23(25)29-24)16-30-11-9-19(10-12-30)15-31-13-17(2)32-18(3)14-31/h5-8,17-19H,4,9-16H2,1-3H3,(H3,25,26,27,28,29). The molecule has 0 amide bonds. The van der Waals surface area contributed by atoms with Crippen molar-refractivity contribution < 1.29 is 4.74 Å². The fourth-order valence-electron chi connectivity index (χ4n) is 4.96. The van der Waals surface area contributed by atoms with Crippen molar-refractivity contribution >= 4 is 17.6 Å². The molecule has 0 saturated carbocycles. The Kier molecular flexibility index (Phi) is 7.55. The average Bonchev–Trinajstić information content (AvgIpc) is 2.74. The first kappa shape index (κ1) is 22.9. The van der Waals surface area contributed by atoms with Crippen LogP contribution in [-0.4, -0.2) is 69.7 Å². The summed E-state index contributed by atoms with van der Waals surface area (Å²) in [5.74, 6) is 2.24. The minimum Gasteiger partial charge on any atom is -0.373 e. The highest BCUT2D eigenvalue weighted by molar-refractivity contribution is 5.58. The maximum absolute atomic E-state index is 6.00. The molecule has 0 radical (unpaired) electrons. The second-order valence-corrected chi connectivity index (χ2v) is 9.26. The molecule has 174 valence electrons. The van der Waals surface area contributed by atoms with E-state index in [1.54, 1.807) is 0 Å². The zero-order valence-electron chi connectivity index (χ0n) is 19.6. The van der Waals surface area contributed by atoms with Gasteiger partial charge in [0.05, 0.1) is 18.8 Å². The molecule has 1 aromatic carbocycles. The van der Waals surface area contributed by atoms with Crippen LogP contribution in [0.5, 0.6) is 0 Å². The van der Waals surface area contributed by atoms with Gasteiger partial charge in [0, 0.05) is 25.3 Å². The Hall–Kier alpha value is -2.29. The summed E-state index contributed by atoms with van der Waals surface area (Å²) in [6.07, 6.45) is 4.01. The zero-order chi connectivity index (χ0) is 22.5. The molecule has 2 saturated heterocycles. The van der Waals surface area contributed by atoms with E-state index in [1.165, 1.54) is 24.9 Å². The summed E-state index contributed by atoms with van der Waals surface area (Å²) in [5.41, 5.74) is 8.24. The minimum absolute atomic E-state index is 0.261. The molecule has 2 fully saturated rings. The Morgan fingerprint density at radius 3 is 2.47 bits per heavy atom. The highest BCUT2D eigenvalue weighted by atomic mass is 16.5. The van der Waals surface area contributed by atoms with Crippen LogP contribution in [0.15, 0.2) is 24.3 Å². The molecule has 2 aliphatic rings. The third-order valence-corrected chi connectivity index (χ3v) is 6.43. The number of likely N-dealkylation sites (tertiary alicyclic amines) is 1. The number of rotatable bonds is 7. The van der Waals surface area contributed by atoms with Gasteiger partial charge in [-0.3, -0.25) is 9.80 Å². The fourth-order valence-corrected chi connectivity index (χ4v) is 4.96. The van der Waals surface area contributed by atoms with Gasteiger partial charge in [0.2, 0.25) is 11.9 Å². The lowest BCUT2D eigenvalue weighted by molar-refractivity contribution is -0.0732. The first-order valence-electron chi connectivity index (χ1n) is 11.9. The molecule has 4 rings (SSSR count). The largest absolute Gasteiger partial charge is 0.373 e. The number of nitrogen functional groups attached to an aromatic ring is 1. The van der Waals surface area contributed by atoms with Gasteiger partial charge in [-0.15, -0.1) is 0 Å². The maximum Gasteiger partial charge on any atom is 0.232 e. The zero-order valence-corrected chi connectivity index (χ0v) is 19.6. The van der Waals surface area contributed by atoms with Crippen LogP contribution in [0.4, 0.5) is 17.6 Å². The number of hydrogen-bond donors (Lipinski definition) is 2. The smallest absolute Gasteiger partial charge is 0.232 e.